The molecule has 1 atom stereocenters. The van der Waals surface area contributed by atoms with Crippen LogP contribution in [0.15, 0.2) is 79.0 Å². The first-order chi connectivity index (χ1) is 19.1. The summed E-state index contributed by atoms with van der Waals surface area (Å²) < 4.78 is 5.53. The van der Waals surface area contributed by atoms with Gasteiger partial charge in [-0.2, -0.15) is 0 Å². The highest BCUT2D eigenvalue weighted by atomic mass is 35.5. The predicted molar refractivity (Wildman–Crippen MR) is 163 cm³/mol. The Kier molecular flexibility index (Phi) is 8.50. The van der Waals surface area contributed by atoms with Gasteiger partial charge in [-0.05, 0) is 73.9 Å². The summed E-state index contributed by atoms with van der Waals surface area (Å²) in [6.07, 6.45) is 1.56. The maximum absolute atomic E-state index is 12.4. The van der Waals surface area contributed by atoms with E-state index in [0.717, 1.165) is 47.4 Å². The summed E-state index contributed by atoms with van der Waals surface area (Å²) in [4.78, 5) is 21.1. The van der Waals surface area contributed by atoms with Gasteiger partial charge in [-0.25, -0.2) is 4.79 Å². The molecular formula is C32H34Cl2N4O2. The van der Waals surface area contributed by atoms with Gasteiger partial charge in [-0.3, -0.25) is 9.88 Å². The molecule has 1 aliphatic heterocycles. The van der Waals surface area contributed by atoms with Gasteiger partial charge in [0.2, 0.25) is 0 Å². The molecule has 5 rings (SSSR count). The molecule has 0 radical (unpaired) electrons. The van der Waals surface area contributed by atoms with Crippen molar-refractivity contribution in [2.24, 2.45) is 0 Å². The van der Waals surface area contributed by atoms with E-state index in [0.29, 0.717) is 23.1 Å². The summed E-state index contributed by atoms with van der Waals surface area (Å²) in [5.41, 5.74) is 4.75. The highest BCUT2D eigenvalue weighted by molar-refractivity contribution is 6.31. The Bertz CT molecular complexity index is 1480. The Morgan fingerprint density at radius 1 is 0.925 bits per heavy atom. The molecule has 1 aliphatic rings. The van der Waals surface area contributed by atoms with Crippen LogP contribution < -0.4 is 5.32 Å². The molecule has 0 bridgehead atoms. The molecule has 6 nitrogen and oxygen atoms in total. The van der Waals surface area contributed by atoms with Crippen molar-refractivity contribution < 1.29 is 9.53 Å². The number of ether oxygens (including phenoxy) is 1. The van der Waals surface area contributed by atoms with E-state index in [1.807, 2.05) is 63.2 Å². The third-order valence-electron chi connectivity index (χ3n) is 6.93. The average Bonchev–Trinajstić information content (AvgIpc) is 2.91. The number of rotatable bonds is 6. The lowest BCUT2D eigenvalue weighted by atomic mass is 9.97. The van der Waals surface area contributed by atoms with Crippen molar-refractivity contribution in [1.82, 2.24) is 14.8 Å². The van der Waals surface area contributed by atoms with Crippen LogP contribution in [0.3, 0.4) is 0 Å². The summed E-state index contributed by atoms with van der Waals surface area (Å²) in [5, 5.41) is 6.08. The topological polar surface area (TPSA) is 57.7 Å². The van der Waals surface area contributed by atoms with Crippen LogP contribution in [-0.4, -0.2) is 52.7 Å². The lowest BCUT2D eigenvalue weighted by Gasteiger charge is -2.35. The van der Waals surface area contributed by atoms with Crippen LogP contribution in [0, 0.1) is 0 Å². The molecule has 8 heteroatoms. The summed E-state index contributed by atoms with van der Waals surface area (Å²) in [6.45, 7) is 9.47. The number of carbonyl (C=O) groups is 1. The lowest BCUT2D eigenvalue weighted by Crippen LogP contribution is -2.49. The van der Waals surface area contributed by atoms with E-state index >= 15 is 0 Å². The van der Waals surface area contributed by atoms with Gasteiger partial charge < -0.3 is 15.0 Å². The van der Waals surface area contributed by atoms with Crippen molar-refractivity contribution in [2.75, 3.05) is 31.5 Å². The van der Waals surface area contributed by atoms with Crippen LogP contribution in [0.4, 0.5) is 10.5 Å². The number of carbonyl (C=O) groups excluding carboxylic acids is 1. The van der Waals surface area contributed by atoms with Gasteiger partial charge in [-0.1, -0.05) is 59.6 Å². The van der Waals surface area contributed by atoms with E-state index in [2.05, 4.69) is 45.5 Å². The highest BCUT2D eigenvalue weighted by Crippen LogP contribution is 2.32. The minimum atomic E-state index is -0.480. The van der Waals surface area contributed by atoms with Crippen molar-refractivity contribution >= 4 is 45.9 Å². The van der Waals surface area contributed by atoms with Gasteiger partial charge in [-0.15, -0.1) is 0 Å². The van der Waals surface area contributed by atoms with Gasteiger partial charge in [0.05, 0.1) is 11.6 Å². The van der Waals surface area contributed by atoms with Crippen LogP contribution >= 0.6 is 23.2 Å². The van der Waals surface area contributed by atoms with Crippen LogP contribution in [0.5, 0.6) is 0 Å². The molecule has 1 fully saturated rings. The first-order valence-electron chi connectivity index (χ1n) is 13.5. The van der Waals surface area contributed by atoms with Gasteiger partial charge in [0, 0.05) is 60.0 Å². The van der Waals surface area contributed by atoms with Gasteiger partial charge in [0.25, 0.3) is 0 Å². The number of hydrogen-bond donors (Lipinski definition) is 1. The van der Waals surface area contributed by atoms with Gasteiger partial charge >= 0.3 is 6.09 Å². The Morgan fingerprint density at radius 2 is 1.65 bits per heavy atom. The number of anilines is 1. The zero-order valence-corrected chi connectivity index (χ0v) is 24.5. The molecule has 1 N–H and O–H groups in total. The van der Waals surface area contributed by atoms with Crippen molar-refractivity contribution in [1.29, 1.82) is 0 Å². The summed E-state index contributed by atoms with van der Waals surface area (Å²) in [7, 11) is 0. The minimum absolute atomic E-state index is 0.119. The maximum atomic E-state index is 12.4. The zero-order valence-electron chi connectivity index (χ0n) is 23.0. The van der Waals surface area contributed by atoms with Crippen LogP contribution in [0.25, 0.3) is 10.9 Å². The van der Waals surface area contributed by atoms with E-state index < -0.39 is 5.60 Å². The third kappa shape index (κ3) is 7.05. The number of nitrogens with zero attached hydrogens (tertiary/aromatic N) is 3. The molecule has 2 heterocycles. The maximum Gasteiger partial charge on any atom is 0.410 e. The number of benzene rings is 3. The number of hydrogen-bond acceptors (Lipinski definition) is 5. The highest BCUT2D eigenvalue weighted by Gasteiger charge is 2.26. The lowest BCUT2D eigenvalue weighted by molar-refractivity contribution is 0.0139. The van der Waals surface area contributed by atoms with E-state index in [4.69, 9.17) is 27.9 Å². The summed E-state index contributed by atoms with van der Waals surface area (Å²) in [6, 6.07) is 24.3. The molecule has 4 aromatic rings. The molecule has 0 spiro atoms. The van der Waals surface area contributed by atoms with E-state index in [1.54, 1.807) is 11.1 Å². The molecule has 0 aliphatic carbocycles. The van der Waals surface area contributed by atoms with E-state index in [-0.39, 0.29) is 12.1 Å². The van der Waals surface area contributed by atoms with Crippen LogP contribution in [0.2, 0.25) is 10.0 Å². The van der Waals surface area contributed by atoms with Gasteiger partial charge in [0.1, 0.15) is 5.60 Å². The molecule has 1 aromatic heterocycles. The predicted octanol–water partition coefficient (Wildman–Crippen LogP) is 7.80. The number of fused-ring (bicyclic) bond motifs is 1. The summed E-state index contributed by atoms with van der Waals surface area (Å²) >= 11 is 12.6. The largest absolute Gasteiger partial charge is 0.444 e. The molecule has 1 unspecified atom stereocenters. The Labute approximate surface area is 245 Å². The number of aromatic nitrogens is 1. The Balaban J connectivity index is 1.31. The van der Waals surface area contributed by atoms with Crippen molar-refractivity contribution in [3.05, 3.63) is 106 Å². The fraction of sp³-hybridized carbons (Fsp3) is 0.312. The second-order valence-corrected chi connectivity index (χ2v) is 12.0. The molecular weight excluding hydrogens is 543 g/mol. The van der Waals surface area contributed by atoms with E-state index in [9.17, 15) is 4.79 Å². The Morgan fingerprint density at radius 3 is 2.35 bits per heavy atom. The minimum Gasteiger partial charge on any atom is -0.444 e. The fourth-order valence-corrected chi connectivity index (χ4v) is 5.30. The normalized spacial score (nSPS) is 15.2. The number of piperazine rings is 1. The first-order valence-corrected chi connectivity index (χ1v) is 14.3. The quantitative estimate of drug-likeness (QED) is 0.254. The molecule has 40 heavy (non-hydrogen) atoms. The number of amides is 1. The van der Waals surface area contributed by atoms with Crippen molar-refractivity contribution in [3.63, 3.8) is 0 Å². The number of halogens is 2. The first kappa shape index (κ1) is 28.2. The number of pyridine rings is 1. The van der Waals surface area contributed by atoms with Crippen molar-refractivity contribution in [2.45, 2.75) is 39.0 Å². The van der Waals surface area contributed by atoms with Crippen molar-refractivity contribution in [3.8, 4) is 0 Å². The SMILES string of the molecule is CC(C)(C)OC(=O)N1CCN(Cc2ccc(C(Nc3ccnc4cc(Cl)ccc34)c3cccc(Cl)c3)cc2)CC1. The second kappa shape index (κ2) is 12.0. The smallest absolute Gasteiger partial charge is 0.410 e. The van der Waals surface area contributed by atoms with Crippen LogP contribution in [-0.2, 0) is 11.3 Å². The molecule has 208 valence electrons. The second-order valence-electron chi connectivity index (χ2n) is 11.1. The summed E-state index contributed by atoms with van der Waals surface area (Å²) in [5.74, 6) is 0. The molecule has 0 saturated carbocycles. The third-order valence-corrected chi connectivity index (χ3v) is 7.40. The molecule has 1 amide bonds. The number of nitrogens with one attached hydrogen (secondary N) is 1. The zero-order chi connectivity index (χ0) is 28.3. The molecule has 3 aromatic carbocycles. The standard InChI is InChI=1S/C32H34Cl2N4O2/c1-32(2,3)40-31(39)38-17-15-37(16-18-38)21-22-7-9-23(10-8-22)30(24-5-4-6-25(33)19-24)36-28-13-14-35-29-20-26(34)11-12-27(28)29/h4-14,19-20,30H,15-18,21H2,1-3H3,(H,35,36). The fourth-order valence-electron chi connectivity index (χ4n) is 4.94. The molecule has 1 saturated heterocycles. The van der Waals surface area contributed by atoms with Gasteiger partial charge in [0.15, 0.2) is 0 Å². The van der Waals surface area contributed by atoms with E-state index in [1.165, 1.54) is 5.56 Å². The average molecular weight is 578 g/mol. The monoisotopic (exact) mass is 576 g/mol. The Hall–Kier alpha value is -3.32. The van der Waals surface area contributed by atoms with Crippen LogP contribution in [0.1, 0.15) is 43.5 Å².